The van der Waals surface area contributed by atoms with Crippen LogP contribution in [0.5, 0.6) is 0 Å². The number of carboxylic acids is 1. The number of aliphatic carboxylic acids is 1. The van der Waals surface area contributed by atoms with Crippen LogP contribution in [0.2, 0.25) is 0 Å². The Kier molecular flexibility index (Phi) is 3.53. The summed E-state index contributed by atoms with van der Waals surface area (Å²) in [5, 5.41) is 8.07. The van der Waals surface area contributed by atoms with Crippen LogP contribution in [0.1, 0.15) is 13.3 Å². The zero-order valence-electron chi connectivity index (χ0n) is 5.79. The summed E-state index contributed by atoms with van der Waals surface area (Å²) >= 11 is 4.44. The van der Waals surface area contributed by atoms with Gasteiger partial charge in [-0.05, 0) is 6.42 Å². The number of carbonyl (C=O) groups is 3. The zero-order valence-corrected chi connectivity index (χ0v) is 6.60. The first-order valence-corrected chi connectivity index (χ1v) is 3.26. The molecule has 0 rings (SSSR count). The second kappa shape index (κ2) is 3.92. The van der Waals surface area contributed by atoms with Crippen LogP contribution in [0, 0.1) is 0 Å². The van der Waals surface area contributed by atoms with E-state index in [1.807, 2.05) is 0 Å². The van der Waals surface area contributed by atoms with Crippen LogP contribution in [0.15, 0.2) is 0 Å². The normalized spacial score (nSPS) is 8.82. The summed E-state index contributed by atoms with van der Waals surface area (Å²) < 4.78 is 0. The molecule has 0 aliphatic carbocycles. The maximum atomic E-state index is 10.6. The van der Waals surface area contributed by atoms with Crippen molar-refractivity contribution in [3.8, 4) is 0 Å². The third-order valence-corrected chi connectivity index (χ3v) is 1.45. The fourth-order valence-corrected chi connectivity index (χ4v) is 0.477. The van der Waals surface area contributed by atoms with Crippen molar-refractivity contribution in [3.05, 3.63) is 0 Å². The molecular weight excluding hydrogens is 168 g/mol. The number of Topliss-reactive ketones (excluding diaryl/α,β-unsaturated/α-hetero) is 2. The summed E-state index contributed by atoms with van der Waals surface area (Å²) in [4.78, 5) is 30.8. The highest BCUT2D eigenvalue weighted by atomic mass is 32.1. The van der Waals surface area contributed by atoms with Gasteiger partial charge in [-0.2, -0.15) is 0 Å². The second-order valence-corrected chi connectivity index (χ2v) is 2.23. The van der Waals surface area contributed by atoms with E-state index in [0.717, 1.165) is 0 Å². The lowest BCUT2D eigenvalue weighted by atomic mass is 10.1. The number of ketones is 2. The van der Waals surface area contributed by atoms with Crippen molar-refractivity contribution in [2.45, 2.75) is 13.3 Å². The van der Waals surface area contributed by atoms with Crippen molar-refractivity contribution < 1.29 is 19.5 Å². The van der Waals surface area contributed by atoms with Crippen LogP contribution >= 0.6 is 12.2 Å². The number of thiocarbonyl (C=S) groups is 1. The molecule has 60 valence electrons. The van der Waals surface area contributed by atoms with Crippen LogP contribution in [-0.2, 0) is 14.4 Å². The van der Waals surface area contributed by atoms with Gasteiger partial charge in [-0.1, -0.05) is 19.1 Å². The third kappa shape index (κ3) is 2.55. The van der Waals surface area contributed by atoms with E-state index in [1.165, 1.54) is 0 Å². The molecule has 0 aliphatic heterocycles. The van der Waals surface area contributed by atoms with Gasteiger partial charge < -0.3 is 5.11 Å². The highest BCUT2D eigenvalue weighted by molar-refractivity contribution is 7.82. The van der Waals surface area contributed by atoms with E-state index >= 15 is 0 Å². The average molecular weight is 174 g/mol. The van der Waals surface area contributed by atoms with Crippen LogP contribution in [-0.4, -0.2) is 27.5 Å². The fraction of sp³-hybridized carbons (Fsp3) is 0.333. The molecule has 0 aromatic carbocycles. The van der Waals surface area contributed by atoms with Crippen molar-refractivity contribution >= 4 is 34.6 Å². The Morgan fingerprint density at radius 2 is 1.73 bits per heavy atom. The number of rotatable bonds is 4. The van der Waals surface area contributed by atoms with Crippen LogP contribution in [0.25, 0.3) is 0 Å². The molecule has 0 aromatic heterocycles. The summed E-state index contributed by atoms with van der Waals surface area (Å²) in [7, 11) is 0. The number of hydrogen-bond acceptors (Lipinski definition) is 4. The van der Waals surface area contributed by atoms with Gasteiger partial charge in [0.25, 0.3) is 0 Å². The molecule has 4 nitrogen and oxygen atoms in total. The summed E-state index contributed by atoms with van der Waals surface area (Å²) in [6.07, 6.45) is 0.215. The minimum absolute atomic E-state index is 0.141. The van der Waals surface area contributed by atoms with Gasteiger partial charge in [-0.15, -0.1) is 0 Å². The molecule has 0 spiro atoms. The van der Waals surface area contributed by atoms with E-state index in [0.29, 0.717) is 0 Å². The van der Waals surface area contributed by atoms with Gasteiger partial charge in [0.05, 0.1) is 4.86 Å². The Morgan fingerprint density at radius 3 is 2.00 bits per heavy atom. The molecule has 0 bridgehead atoms. The maximum Gasteiger partial charge on any atom is 0.380 e. The molecule has 5 heteroatoms. The molecule has 0 heterocycles. The molecule has 0 fully saturated rings. The molecule has 0 saturated carbocycles. The van der Waals surface area contributed by atoms with Gasteiger partial charge in [0.1, 0.15) is 0 Å². The molecule has 0 unspecified atom stereocenters. The van der Waals surface area contributed by atoms with E-state index in [-0.39, 0.29) is 11.3 Å². The average Bonchev–Trinajstić information content (AvgIpc) is 2.00. The molecule has 0 radical (unpaired) electrons. The first-order valence-electron chi connectivity index (χ1n) is 2.85. The lowest BCUT2D eigenvalue weighted by Crippen LogP contribution is -2.28. The Bertz CT molecular complexity index is 231. The predicted octanol–water partition coefficient (Wildman–Crippen LogP) is -0.0109. The molecule has 1 N–H and O–H groups in total. The molecule has 0 atom stereocenters. The summed E-state index contributed by atoms with van der Waals surface area (Å²) in [6, 6.07) is 0. The predicted molar refractivity (Wildman–Crippen MR) is 40.5 cm³/mol. The van der Waals surface area contributed by atoms with Gasteiger partial charge in [0, 0.05) is 0 Å². The summed E-state index contributed by atoms with van der Waals surface area (Å²) in [5.74, 6) is -4.31. The molecule has 0 aromatic rings. The first-order chi connectivity index (χ1) is 5.00. The summed E-state index contributed by atoms with van der Waals surface area (Å²) in [6.45, 7) is 1.58. The second-order valence-electron chi connectivity index (χ2n) is 1.74. The maximum absolute atomic E-state index is 10.6. The quantitative estimate of drug-likeness (QED) is 0.368. The molecule has 11 heavy (non-hydrogen) atoms. The zero-order chi connectivity index (χ0) is 9.02. The Balaban J connectivity index is 4.39. The Morgan fingerprint density at radius 1 is 1.27 bits per heavy atom. The van der Waals surface area contributed by atoms with Crippen LogP contribution in [0.4, 0.5) is 0 Å². The van der Waals surface area contributed by atoms with Gasteiger partial charge in [0.2, 0.25) is 5.78 Å². The van der Waals surface area contributed by atoms with Gasteiger partial charge in [-0.3, -0.25) is 9.59 Å². The lowest BCUT2D eigenvalue weighted by Gasteiger charge is -1.92. The molecule has 0 aliphatic rings. The number of hydrogen-bond donors (Lipinski definition) is 1. The minimum Gasteiger partial charge on any atom is -0.475 e. The molecule has 0 amide bonds. The number of carboxylic acid groups (broad SMARTS) is 1. The monoisotopic (exact) mass is 174 g/mol. The lowest BCUT2D eigenvalue weighted by molar-refractivity contribution is -0.151. The molecular formula is C6H6O4S. The van der Waals surface area contributed by atoms with Gasteiger partial charge in [-0.25, -0.2) is 4.79 Å². The Labute approximate surface area is 68.2 Å². The molecule has 0 saturated heterocycles. The number of carbonyl (C=O) groups excluding carboxylic acids is 2. The van der Waals surface area contributed by atoms with Gasteiger partial charge in [0.15, 0.2) is 0 Å². The Hall–Kier alpha value is -1.10. The van der Waals surface area contributed by atoms with Crippen molar-refractivity contribution in [1.29, 1.82) is 0 Å². The van der Waals surface area contributed by atoms with Crippen molar-refractivity contribution in [2.24, 2.45) is 0 Å². The van der Waals surface area contributed by atoms with Crippen LogP contribution in [0.3, 0.4) is 0 Å². The third-order valence-electron chi connectivity index (χ3n) is 0.975. The van der Waals surface area contributed by atoms with Crippen molar-refractivity contribution in [2.75, 3.05) is 0 Å². The van der Waals surface area contributed by atoms with Crippen molar-refractivity contribution in [1.82, 2.24) is 0 Å². The standard InChI is InChI=1S/C6H6O4S/c1-2-3(11)4(7)5(8)6(9)10/h2H2,1H3,(H,9,10). The summed E-state index contributed by atoms with van der Waals surface area (Å²) in [5.41, 5.74) is 0. The fourth-order valence-electron chi connectivity index (χ4n) is 0.384. The van der Waals surface area contributed by atoms with E-state index in [9.17, 15) is 14.4 Å². The van der Waals surface area contributed by atoms with E-state index in [4.69, 9.17) is 5.11 Å². The van der Waals surface area contributed by atoms with E-state index in [2.05, 4.69) is 12.2 Å². The van der Waals surface area contributed by atoms with Crippen LogP contribution < -0.4 is 0 Å². The van der Waals surface area contributed by atoms with Crippen molar-refractivity contribution in [3.63, 3.8) is 0 Å². The topological polar surface area (TPSA) is 71.4 Å². The van der Waals surface area contributed by atoms with E-state index in [1.54, 1.807) is 6.92 Å². The first kappa shape index (κ1) is 9.90. The van der Waals surface area contributed by atoms with E-state index < -0.39 is 17.5 Å². The largest absolute Gasteiger partial charge is 0.475 e. The smallest absolute Gasteiger partial charge is 0.380 e. The van der Waals surface area contributed by atoms with Gasteiger partial charge >= 0.3 is 11.8 Å². The minimum atomic E-state index is -1.76. The highest BCUT2D eigenvalue weighted by Crippen LogP contribution is 1.89. The highest BCUT2D eigenvalue weighted by Gasteiger charge is 2.23. The SMILES string of the molecule is CCC(=S)C(=O)C(=O)C(=O)O.